The molecule has 0 fully saturated rings. The summed E-state index contributed by atoms with van der Waals surface area (Å²) >= 11 is 4.72. The number of aromatic hydroxyl groups is 1. The van der Waals surface area contributed by atoms with Crippen LogP contribution in [-0.4, -0.2) is 25.3 Å². The number of hydrogen-bond acceptors (Lipinski definition) is 5. The Hall–Kier alpha value is -1.95. The van der Waals surface area contributed by atoms with Crippen LogP contribution in [-0.2, 0) is 0 Å². The lowest BCUT2D eigenvalue weighted by Crippen LogP contribution is -2.13. The zero-order chi connectivity index (χ0) is 10.8. The Morgan fingerprint density at radius 1 is 1.27 bits per heavy atom. The highest BCUT2D eigenvalue weighted by Crippen LogP contribution is 2.18. The van der Waals surface area contributed by atoms with Gasteiger partial charge in [0.05, 0.1) is 0 Å². The Balaban J connectivity index is 2.49. The van der Waals surface area contributed by atoms with Crippen molar-refractivity contribution in [2.24, 2.45) is 0 Å². The number of nitrogen functional groups attached to an aromatic ring is 1. The number of benzene rings is 1. The van der Waals surface area contributed by atoms with E-state index >= 15 is 0 Å². The molecule has 2 rings (SSSR count). The topological polar surface area (TPSA) is 77.0 Å². The lowest BCUT2D eigenvalue weighted by molar-refractivity contribution is 0.475. The van der Waals surface area contributed by atoms with E-state index in [1.165, 1.54) is 10.0 Å². The molecule has 2 aromatic rings. The summed E-state index contributed by atoms with van der Waals surface area (Å²) in [6, 6.07) is 6.52. The van der Waals surface area contributed by atoms with E-state index in [1.807, 2.05) is 0 Å². The monoisotopic (exact) mass is 220 g/mol. The highest BCUT2D eigenvalue weighted by Gasteiger charge is 2.09. The van der Waals surface area contributed by atoms with E-state index < -0.39 is 0 Å². The first-order valence-electron chi connectivity index (χ1n) is 4.17. The zero-order valence-electron chi connectivity index (χ0n) is 7.66. The molecule has 0 saturated heterocycles. The minimum absolute atomic E-state index is 0.192. The molecule has 0 bridgehead atoms. The lowest BCUT2D eigenvalue weighted by Gasteiger charge is -2.01. The van der Waals surface area contributed by atoms with Gasteiger partial charge in [-0.1, -0.05) is 12.2 Å². The third-order valence-electron chi connectivity index (χ3n) is 1.95. The van der Waals surface area contributed by atoms with Gasteiger partial charge in [-0.25, -0.2) is 4.68 Å². The van der Waals surface area contributed by atoms with Crippen LogP contribution in [0.3, 0.4) is 0 Å². The van der Waals surface area contributed by atoms with Crippen molar-refractivity contribution in [3.05, 3.63) is 30.1 Å². The zero-order valence-corrected chi connectivity index (χ0v) is 8.48. The fraction of sp³-hybridized carbons (Fsp3) is 0. The second-order valence-corrected chi connectivity index (χ2v) is 3.15. The standard InChI is InChI=1S/C9H8N4OS/c10-13-8(5-15)11-12-9(13)6-1-3-7(14)4-2-6/h1-5,14H,10H2. The van der Waals surface area contributed by atoms with Gasteiger partial charge < -0.3 is 10.9 Å². The summed E-state index contributed by atoms with van der Waals surface area (Å²) in [5, 5.41) is 18.2. The molecule has 6 heteroatoms. The number of nitrogens with zero attached hydrogens (tertiary/aromatic N) is 3. The number of rotatable bonds is 2. The average Bonchev–Trinajstić information content (AvgIpc) is 2.61. The molecule has 3 N–H and O–H groups in total. The molecule has 0 amide bonds. The second-order valence-electron chi connectivity index (χ2n) is 2.92. The van der Waals surface area contributed by atoms with Crippen LogP contribution in [0, 0.1) is 0 Å². The molecule has 0 unspecified atom stereocenters. The fourth-order valence-electron chi connectivity index (χ4n) is 1.19. The number of aromatic nitrogens is 3. The summed E-state index contributed by atoms with van der Waals surface area (Å²) in [7, 11) is 0. The maximum atomic E-state index is 9.13. The van der Waals surface area contributed by atoms with Crippen LogP contribution in [0.15, 0.2) is 24.3 Å². The predicted molar refractivity (Wildman–Crippen MR) is 60.0 cm³/mol. The van der Waals surface area contributed by atoms with E-state index in [-0.39, 0.29) is 5.75 Å². The van der Waals surface area contributed by atoms with Crippen molar-refractivity contribution in [3.8, 4) is 17.1 Å². The SMILES string of the molecule is Nn1c(C=S)nnc1-c1ccc(O)cc1. The maximum Gasteiger partial charge on any atom is 0.186 e. The van der Waals surface area contributed by atoms with Crippen LogP contribution in [0.5, 0.6) is 5.75 Å². The van der Waals surface area contributed by atoms with Gasteiger partial charge in [0.15, 0.2) is 11.6 Å². The first kappa shape index (κ1) is 9.60. The molecule has 0 radical (unpaired) electrons. The molecule has 1 heterocycles. The Labute approximate surface area is 91.1 Å². The molecule has 5 nitrogen and oxygen atoms in total. The fourth-order valence-corrected chi connectivity index (χ4v) is 1.35. The highest BCUT2D eigenvalue weighted by atomic mass is 32.1. The molecule has 0 aliphatic carbocycles. The Bertz CT molecular complexity index is 491. The van der Waals surface area contributed by atoms with Crippen LogP contribution in [0.25, 0.3) is 11.4 Å². The first-order valence-corrected chi connectivity index (χ1v) is 4.64. The van der Waals surface area contributed by atoms with Gasteiger partial charge in [0.25, 0.3) is 0 Å². The molecule has 0 spiro atoms. The van der Waals surface area contributed by atoms with Gasteiger partial charge in [0.1, 0.15) is 5.75 Å². The minimum Gasteiger partial charge on any atom is -0.508 e. The van der Waals surface area contributed by atoms with Gasteiger partial charge in [0.2, 0.25) is 0 Å². The molecule has 0 aliphatic rings. The van der Waals surface area contributed by atoms with E-state index in [9.17, 15) is 0 Å². The van der Waals surface area contributed by atoms with E-state index in [4.69, 9.17) is 23.2 Å². The molecule has 1 aromatic carbocycles. The van der Waals surface area contributed by atoms with Crippen LogP contribution in [0.2, 0.25) is 0 Å². The van der Waals surface area contributed by atoms with Crippen molar-refractivity contribution in [2.45, 2.75) is 0 Å². The number of phenolic OH excluding ortho intramolecular Hbond substituents is 1. The van der Waals surface area contributed by atoms with Gasteiger partial charge in [-0.2, -0.15) is 0 Å². The van der Waals surface area contributed by atoms with Gasteiger partial charge in [-0.3, -0.25) is 0 Å². The molecule has 0 atom stereocenters. The Morgan fingerprint density at radius 3 is 2.47 bits per heavy atom. The maximum absolute atomic E-state index is 9.13. The highest BCUT2D eigenvalue weighted by molar-refractivity contribution is 7.79. The van der Waals surface area contributed by atoms with Crippen molar-refractivity contribution in [2.75, 3.05) is 5.84 Å². The van der Waals surface area contributed by atoms with Crippen LogP contribution in [0.1, 0.15) is 5.82 Å². The summed E-state index contributed by atoms with van der Waals surface area (Å²) in [6.45, 7) is 0. The summed E-state index contributed by atoms with van der Waals surface area (Å²) < 4.78 is 1.30. The molecular formula is C9H8N4OS. The van der Waals surface area contributed by atoms with E-state index in [0.29, 0.717) is 11.6 Å². The van der Waals surface area contributed by atoms with E-state index in [2.05, 4.69) is 10.2 Å². The predicted octanol–water partition coefficient (Wildman–Crippen LogP) is 0.712. The van der Waals surface area contributed by atoms with Crippen LogP contribution < -0.4 is 5.84 Å². The molecule has 15 heavy (non-hydrogen) atoms. The minimum atomic E-state index is 0.192. The number of nitrogens with two attached hydrogens (primary N) is 1. The van der Waals surface area contributed by atoms with Crippen LogP contribution in [0.4, 0.5) is 0 Å². The van der Waals surface area contributed by atoms with E-state index in [0.717, 1.165) is 5.56 Å². The average molecular weight is 220 g/mol. The summed E-state index contributed by atoms with van der Waals surface area (Å²) in [4.78, 5) is 0. The number of phenols is 1. The molecule has 1 aromatic heterocycles. The van der Waals surface area contributed by atoms with Crippen molar-refractivity contribution < 1.29 is 5.11 Å². The molecule has 0 aliphatic heterocycles. The largest absolute Gasteiger partial charge is 0.508 e. The van der Waals surface area contributed by atoms with Crippen LogP contribution >= 0.6 is 12.2 Å². The lowest BCUT2D eigenvalue weighted by atomic mass is 10.2. The molecule has 76 valence electrons. The molecule has 0 saturated carbocycles. The third-order valence-corrected chi connectivity index (χ3v) is 2.16. The molecular weight excluding hydrogens is 212 g/mol. The quantitative estimate of drug-likeness (QED) is 0.576. The van der Waals surface area contributed by atoms with Crippen molar-refractivity contribution >= 4 is 17.6 Å². The van der Waals surface area contributed by atoms with Crippen molar-refractivity contribution in [1.29, 1.82) is 0 Å². The van der Waals surface area contributed by atoms with Crippen molar-refractivity contribution in [3.63, 3.8) is 0 Å². The Kier molecular flexibility index (Phi) is 2.34. The number of hydrogen-bond donors (Lipinski definition) is 2. The van der Waals surface area contributed by atoms with Gasteiger partial charge in [0, 0.05) is 10.9 Å². The van der Waals surface area contributed by atoms with Gasteiger partial charge >= 0.3 is 0 Å². The normalized spacial score (nSPS) is 10.1. The second kappa shape index (κ2) is 3.66. The first-order chi connectivity index (χ1) is 7.22. The van der Waals surface area contributed by atoms with Gasteiger partial charge in [-0.15, -0.1) is 10.2 Å². The van der Waals surface area contributed by atoms with E-state index in [1.54, 1.807) is 24.3 Å². The summed E-state index contributed by atoms with van der Waals surface area (Å²) in [5.41, 5.74) is 0.769. The Morgan fingerprint density at radius 2 is 1.93 bits per heavy atom. The van der Waals surface area contributed by atoms with Crippen molar-refractivity contribution in [1.82, 2.24) is 14.9 Å². The number of thiocarbonyl (C=S) groups is 1. The van der Waals surface area contributed by atoms with Gasteiger partial charge in [-0.05, 0) is 24.3 Å². The third kappa shape index (κ3) is 1.66. The summed E-state index contributed by atoms with van der Waals surface area (Å²) in [6.07, 6.45) is 0. The smallest absolute Gasteiger partial charge is 0.186 e. The summed E-state index contributed by atoms with van der Waals surface area (Å²) in [5.74, 6) is 6.84.